The van der Waals surface area contributed by atoms with Crippen molar-refractivity contribution in [3.8, 4) is 0 Å². The molecule has 19 heavy (non-hydrogen) atoms. The SMILES string of the molecule is CCCNC(C)C(Cc1ccc(Cl)c(Cl)c1)C(C)C. The van der Waals surface area contributed by atoms with Crippen molar-refractivity contribution in [3.05, 3.63) is 33.8 Å². The standard InChI is InChI=1S/C16H25Cl2N/c1-5-8-19-12(4)14(11(2)3)9-13-6-7-15(17)16(18)10-13/h6-7,10-12,14,19H,5,8-9H2,1-4H3. The Morgan fingerprint density at radius 2 is 1.79 bits per heavy atom. The molecule has 1 aromatic rings. The molecular weight excluding hydrogens is 277 g/mol. The highest BCUT2D eigenvalue weighted by Crippen LogP contribution is 2.26. The molecule has 1 nitrogen and oxygen atoms in total. The van der Waals surface area contributed by atoms with Crippen LogP contribution in [0.3, 0.4) is 0 Å². The van der Waals surface area contributed by atoms with E-state index in [9.17, 15) is 0 Å². The van der Waals surface area contributed by atoms with Crippen LogP contribution in [0.2, 0.25) is 10.0 Å². The Bertz CT molecular complexity index is 390. The Morgan fingerprint density at radius 1 is 1.11 bits per heavy atom. The predicted octanol–water partition coefficient (Wildman–Crippen LogP) is 5.20. The Hall–Kier alpha value is -0.240. The fourth-order valence-electron chi connectivity index (χ4n) is 2.45. The minimum Gasteiger partial charge on any atom is -0.314 e. The molecule has 0 aliphatic carbocycles. The highest BCUT2D eigenvalue weighted by atomic mass is 35.5. The molecule has 3 heteroatoms. The summed E-state index contributed by atoms with van der Waals surface area (Å²) >= 11 is 12.1. The number of benzene rings is 1. The van der Waals surface area contributed by atoms with E-state index >= 15 is 0 Å². The lowest BCUT2D eigenvalue weighted by Crippen LogP contribution is -2.37. The van der Waals surface area contributed by atoms with Crippen LogP contribution >= 0.6 is 23.2 Å². The molecule has 0 aromatic heterocycles. The van der Waals surface area contributed by atoms with Gasteiger partial charge in [0, 0.05) is 6.04 Å². The minimum absolute atomic E-state index is 0.509. The average Bonchev–Trinajstić information content (AvgIpc) is 2.36. The van der Waals surface area contributed by atoms with Gasteiger partial charge in [-0.15, -0.1) is 0 Å². The molecule has 0 aliphatic heterocycles. The summed E-state index contributed by atoms with van der Waals surface area (Å²) in [4.78, 5) is 0. The van der Waals surface area contributed by atoms with Gasteiger partial charge < -0.3 is 5.32 Å². The van der Waals surface area contributed by atoms with Crippen LogP contribution in [0.25, 0.3) is 0 Å². The lowest BCUT2D eigenvalue weighted by atomic mass is 9.84. The molecule has 0 heterocycles. The van der Waals surface area contributed by atoms with Crippen LogP contribution in [-0.2, 0) is 6.42 Å². The maximum absolute atomic E-state index is 6.09. The lowest BCUT2D eigenvalue weighted by Gasteiger charge is -2.28. The quantitative estimate of drug-likeness (QED) is 0.730. The Kier molecular flexibility index (Phi) is 7.20. The van der Waals surface area contributed by atoms with Crippen LogP contribution in [0.4, 0.5) is 0 Å². The molecule has 2 unspecified atom stereocenters. The maximum atomic E-state index is 6.09. The molecule has 1 N–H and O–H groups in total. The van der Waals surface area contributed by atoms with Gasteiger partial charge in [0.25, 0.3) is 0 Å². The maximum Gasteiger partial charge on any atom is 0.0595 e. The van der Waals surface area contributed by atoms with Gasteiger partial charge in [-0.1, -0.05) is 50.0 Å². The first-order valence-corrected chi connectivity index (χ1v) is 7.88. The van der Waals surface area contributed by atoms with Crippen molar-refractivity contribution in [1.29, 1.82) is 0 Å². The van der Waals surface area contributed by atoms with Crippen LogP contribution in [-0.4, -0.2) is 12.6 Å². The monoisotopic (exact) mass is 301 g/mol. The van der Waals surface area contributed by atoms with Gasteiger partial charge in [0.2, 0.25) is 0 Å². The van der Waals surface area contributed by atoms with E-state index in [0.717, 1.165) is 13.0 Å². The second-order valence-electron chi connectivity index (χ2n) is 5.60. The van der Waals surface area contributed by atoms with Crippen LogP contribution in [0.1, 0.15) is 39.7 Å². The van der Waals surface area contributed by atoms with Gasteiger partial charge in [0.15, 0.2) is 0 Å². The zero-order valence-electron chi connectivity index (χ0n) is 12.3. The normalized spacial score (nSPS) is 14.7. The largest absolute Gasteiger partial charge is 0.314 e. The Morgan fingerprint density at radius 3 is 2.32 bits per heavy atom. The number of halogens is 2. The number of rotatable bonds is 7. The molecule has 0 aliphatic rings. The van der Waals surface area contributed by atoms with Crippen molar-refractivity contribution in [2.24, 2.45) is 11.8 Å². The Labute approximate surface area is 127 Å². The second-order valence-corrected chi connectivity index (χ2v) is 6.42. The summed E-state index contributed by atoms with van der Waals surface area (Å²) in [6.07, 6.45) is 2.20. The van der Waals surface area contributed by atoms with Crippen molar-refractivity contribution in [3.63, 3.8) is 0 Å². The van der Waals surface area contributed by atoms with Gasteiger partial charge in [0.05, 0.1) is 10.0 Å². The van der Waals surface area contributed by atoms with E-state index in [1.807, 2.05) is 12.1 Å². The van der Waals surface area contributed by atoms with Crippen molar-refractivity contribution >= 4 is 23.2 Å². The van der Waals surface area contributed by atoms with Gasteiger partial charge in [-0.25, -0.2) is 0 Å². The van der Waals surface area contributed by atoms with Crippen LogP contribution < -0.4 is 5.32 Å². The van der Waals surface area contributed by atoms with E-state index in [0.29, 0.717) is 27.9 Å². The van der Waals surface area contributed by atoms with Crippen molar-refractivity contribution < 1.29 is 0 Å². The smallest absolute Gasteiger partial charge is 0.0595 e. The van der Waals surface area contributed by atoms with Gasteiger partial charge >= 0.3 is 0 Å². The average molecular weight is 302 g/mol. The van der Waals surface area contributed by atoms with Gasteiger partial charge in [-0.05, 0) is 55.8 Å². The highest BCUT2D eigenvalue weighted by Gasteiger charge is 2.21. The van der Waals surface area contributed by atoms with E-state index in [1.54, 1.807) is 0 Å². The summed E-state index contributed by atoms with van der Waals surface area (Å²) in [5.41, 5.74) is 1.26. The molecule has 1 aromatic carbocycles. The summed E-state index contributed by atoms with van der Waals surface area (Å²) in [6.45, 7) is 10.1. The topological polar surface area (TPSA) is 12.0 Å². The van der Waals surface area contributed by atoms with Gasteiger partial charge in [-0.2, -0.15) is 0 Å². The van der Waals surface area contributed by atoms with Crippen LogP contribution in [0, 0.1) is 11.8 Å². The fourth-order valence-corrected chi connectivity index (χ4v) is 2.77. The third kappa shape index (κ3) is 5.33. The molecule has 1 rings (SSSR count). The summed E-state index contributed by atoms with van der Waals surface area (Å²) in [5, 5.41) is 4.88. The molecule has 0 amide bonds. The highest BCUT2D eigenvalue weighted by molar-refractivity contribution is 6.42. The van der Waals surface area contributed by atoms with Crippen molar-refractivity contribution in [1.82, 2.24) is 5.32 Å². The first-order chi connectivity index (χ1) is 8.95. The van der Waals surface area contributed by atoms with E-state index in [4.69, 9.17) is 23.2 Å². The zero-order chi connectivity index (χ0) is 14.4. The third-order valence-corrected chi connectivity index (χ3v) is 4.41. The second kappa shape index (κ2) is 8.14. The van der Waals surface area contributed by atoms with E-state index in [2.05, 4.69) is 39.1 Å². The molecule has 108 valence electrons. The third-order valence-electron chi connectivity index (χ3n) is 3.67. The molecule has 0 radical (unpaired) electrons. The molecular formula is C16H25Cl2N. The molecule has 0 saturated heterocycles. The molecule has 0 spiro atoms. The summed E-state index contributed by atoms with van der Waals surface area (Å²) in [5.74, 6) is 1.23. The Balaban J connectivity index is 2.74. The first-order valence-electron chi connectivity index (χ1n) is 7.13. The van der Waals surface area contributed by atoms with Crippen LogP contribution in [0.5, 0.6) is 0 Å². The summed E-state index contributed by atoms with van der Waals surface area (Å²) in [6, 6.07) is 6.47. The van der Waals surface area contributed by atoms with Crippen molar-refractivity contribution in [2.75, 3.05) is 6.54 Å². The molecule has 0 fully saturated rings. The summed E-state index contributed by atoms with van der Waals surface area (Å²) in [7, 11) is 0. The van der Waals surface area contributed by atoms with Gasteiger partial charge in [0.1, 0.15) is 0 Å². The minimum atomic E-state index is 0.509. The van der Waals surface area contributed by atoms with E-state index < -0.39 is 0 Å². The fraction of sp³-hybridized carbons (Fsp3) is 0.625. The molecule has 0 saturated carbocycles. The first kappa shape index (κ1) is 16.8. The number of hydrogen-bond acceptors (Lipinski definition) is 1. The molecule has 2 atom stereocenters. The lowest BCUT2D eigenvalue weighted by molar-refractivity contribution is 0.289. The van der Waals surface area contributed by atoms with Crippen molar-refractivity contribution in [2.45, 2.75) is 46.6 Å². The summed E-state index contributed by atoms with van der Waals surface area (Å²) < 4.78 is 0. The zero-order valence-corrected chi connectivity index (χ0v) is 13.9. The van der Waals surface area contributed by atoms with E-state index in [-0.39, 0.29) is 0 Å². The van der Waals surface area contributed by atoms with Gasteiger partial charge in [-0.3, -0.25) is 0 Å². The van der Waals surface area contributed by atoms with Crippen LogP contribution in [0.15, 0.2) is 18.2 Å². The van der Waals surface area contributed by atoms with E-state index in [1.165, 1.54) is 12.0 Å². The number of nitrogens with one attached hydrogen (secondary N) is 1. The predicted molar refractivity (Wildman–Crippen MR) is 86.2 cm³/mol. The number of hydrogen-bond donors (Lipinski definition) is 1. The molecule has 0 bridgehead atoms.